The second-order valence-corrected chi connectivity index (χ2v) is 7.31. The normalized spacial score (nSPS) is 14.6. The van der Waals surface area contributed by atoms with Crippen molar-refractivity contribution in [3.8, 4) is 5.75 Å². The van der Waals surface area contributed by atoms with Gasteiger partial charge >= 0.3 is 0 Å². The summed E-state index contributed by atoms with van der Waals surface area (Å²) in [7, 11) is 0. The molecule has 0 atom stereocenters. The van der Waals surface area contributed by atoms with E-state index in [0.717, 1.165) is 24.5 Å². The fourth-order valence-corrected chi connectivity index (χ4v) is 3.49. The number of carbonyl (C=O) groups excluding carboxylic acids is 1. The van der Waals surface area contributed by atoms with E-state index in [1.807, 2.05) is 17.0 Å². The summed E-state index contributed by atoms with van der Waals surface area (Å²) in [5.74, 6) is 0.967. The number of aryl methyl sites for hydroxylation is 1. The number of piperazine rings is 1. The molecule has 0 saturated carbocycles. The summed E-state index contributed by atoms with van der Waals surface area (Å²) in [6.07, 6.45) is 0. The van der Waals surface area contributed by atoms with E-state index in [0.29, 0.717) is 19.0 Å². The Balaban J connectivity index is 1.49. The zero-order valence-electron chi connectivity index (χ0n) is 16.2. The number of rotatable bonds is 5. The first-order chi connectivity index (χ1) is 12.9. The van der Waals surface area contributed by atoms with Gasteiger partial charge in [0.25, 0.3) is 5.91 Å². The molecule has 0 aliphatic carbocycles. The lowest BCUT2D eigenvalue weighted by atomic mass is 9.98. The Morgan fingerprint density at radius 2 is 1.74 bits per heavy atom. The SMILES string of the molecule is Cc1cc(OCC(=O)N2CCN(c3ccc(F)cc3)CC2)ccc1C(C)C. The lowest BCUT2D eigenvalue weighted by molar-refractivity contribution is -0.133. The summed E-state index contributed by atoms with van der Waals surface area (Å²) in [4.78, 5) is 16.4. The molecule has 2 aromatic rings. The Labute approximate surface area is 160 Å². The first-order valence-corrected chi connectivity index (χ1v) is 9.45. The van der Waals surface area contributed by atoms with Gasteiger partial charge in [-0.15, -0.1) is 0 Å². The van der Waals surface area contributed by atoms with Crippen LogP contribution in [0.2, 0.25) is 0 Å². The predicted molar refractivity (Wildman–Crippen MR) is 106 cm³/mol. The van der Waals surface area contributed by atoms with Crippen LogP contribution in [-0.2, 0) is 4.79 Å². The maximum absolute atomic E-state index is 13.0. The Kier molecular flexibility index (Phi) is 5.99. The number of carbonyl (C=O) groups is 1. The molecule has 4 nitrogen and oxygen atoms in total. The molecule has 1 aliphatic rings. The van der Waals surface area contributed by atoms with Crippen molar-refractivity contribution in [2.45, 2.75) is 26.7 Å². The highest BCUT2D eigenvalue weighted by Crippen LogP contribution is 2.23. The molecule has 1 amide bonds. The van der Waals surface area contributed by atoms with Crippen molar-refractivity contribution in [1.82, 2.24) is 4.90 Å². The van der Waals surface area contributed by atoms with Gasteiger partial charge in [-0.1, -0.05) is 19.9 Å². The van der Waals surface area contributed by atoms with Crippen LogP contribution in [0.25, 0.3) is 0 Å². The fraction of sp³-hybridized carbons (Fsp3) is 0.409. The number of benzene rings is 2. The summed E-state index contributed by atoms with van der Waals surface area (Å²) in [5.41, 5.74) is 3.47. The maximum Gasteiger partial charge on any atom is 0.260 e. The third-order valence-electron chi connectivity index (χ3n) is 5.05. The number of nitrogens with zero attached hydrogens (tertiary/aromatic N) is 2. The molecule has 5 heteroatoms. The summed E-state index contributed by atoms with van der Waals surface area (Å²) in [6.45, 7) is 9.21. The Hall–Kier alpha value is -2.56. The molecule has 1 saturated heterocycles. The van der Waals surface area contributed by atoms with Gasteiger partial charge in [0.15, 0.2) is 6.61 Å². The highest BCUT2D eigenvalue weighted by Gasteiger charge is 2.21. The molecule has 0 aromatic heterocycles. The lowest BCUT2D eigenvalue weighted by Crippen LogP contribution is -2.50. The molecule has 144 valence electrons. The lowest BCUT2D eigenvalue weighted by Gasteiger charge is -2.36. The third-order valence-corrected chi connectivity index (χ3v) is 5.05. The average molecular weight is 370 g/mol. The molecule has 1 aliphatic heterocycles. The Bertz CT molecular complexity index is 781. The van der Waals surface area contributed by atoms with Gasteiger partial charge in [0.1, 0.15) is 11.6 Å². The van der Waals surface area contributed by atoms with E-state index in [4.69, 9.17) is 4.74 Å². The standard InChI is InChI=1S/C22H27FN2O2/c1-16(2)21-9-8-20(14-17(21)3)27-15-22(26)25-12-10-24(11-13-25)19-6-4-18(23)5-7-19/h4-9,14,16H,10-13,15H2,1-3H3. The summed E-state index contributed by atoms with van der Waals surface area (Å²) >= 11 is 0. The van der Waals surface area contributed by atoms with Crippen LogP contribution >= 0.6 is 0 Å². The second kappa shape index (κ2) is 8.42. The van der Waals surface area contributed by atoms with Crippen molar-refractivity contribution in [3.63, 3.8) is 0 Å². The number of amides is 1. The van der Waals surface area contributed by atoms with Crippen LogP contribution in [0.5, 0.6) is 5.75 Å². The van der Waals surface area contributed by atoms with Gasteiger partial charge in [-0.25, -0.2) is 4.39 Å². The number of ether oxygens (including phenoxy) is 1. The van der Waals surface area contributed by atoms with Crippen LogP contribution in [0.1, 0.15) is 30.9 Å². The molecule has 0 radical (unpaired) electrons. The van der Waals surface area contributed by atoms with Crippen molar-refractivity contribution < 1.29 is 13.9 Å². The van der Waals surface area contributed by atoms with Gasteiger partial charge in [-0.3, -0.25) is 4.79 Å². The van der Waals surface area contributed by atoms with Crippen LogP contribution in [0, 0.1) is 12.7 Å². The average Bonchev–Trinajstić information content (AvgIpc) is 2.66. The highest BCUT2D eigenvalue weighted by molar-refractivity contribution is 5.78. The molecular weight excluding hydrogens is 343 g/mol. The summed E-state index contributed by atoms with van der Waals surface area (Å²) < 4.78 is 18.8. The van der Waals surface area contributed by atoms with E-state index in [1.54, 1.807) is 12.1 Å². The maximum atomic E-state index is 13.0. The monoisotopic (exact) mass is 370 g/mol. The minimum Gasteiger partial charge on any atom is -0.484 e. The van der Waals surface area contributed by atoms with Crippen molar-refractivity contribution in [1.29, 1.82) is 0 Å². The smallest absolute Gasteiger partial charge is 0.260 e. The number of hydrogen-bond donors (Lipinski definition) is 0. The molecule has 2 aromatic carbocycles. The summed E-state index contributed by atoms with van der Waals surface area (Å²) in [6, 6.07) is 12.5. The van der Waals surface area contributed by atoms with Crippen LogP contribution < -0.4 is 9.64 Å². The molecule has 1 fully saturated rings. The van der Waals surface area contributed by atoms with Gasteiger partial charge in [0, 0.05) is 31.9 Å². The molecular formula is C22H27FN2O2. The zero-order valence-corrected chi connectivity index (χ0v) is 16.2. The molecule has 27 heavy (non-hydrogen) atoms. The number of halogens is 1. The van der Waals surface area contributed by atoms with Crippen LogP contribution in [-0.4, -0.2) is 43.6 Å². The third kappa shape index (κ3) is 4.79. The van der Waals surface area contributed by atoms with Gasteiger partial charge in [-0.05, 0) is 60.4 Å². The zero-order chi connectivity index (χ0) is 19.4. The topological polar surface area (TPSA) is 32.8 Å². The van der Waals surface area contributed by atoms with Crippen molar-refractivity contribution in [2.75, 3.05) is 37.7 Å². The van der Waals surface area contributed by atoms with Crippen molar-refractivity contribution in [3.05, 3.63) is 59.4 Å². The van der Waals surface area contributed by atoms with Crippen LogP contribution in [0.3, 0.4) is 0 Å². The van der Waals surface area contributed by atoms with Crippen LogP contribution in [0.15, 0.2) is 42.5 Å². The van der Waals surface area contributed by atoms with E-state index < -0.39 is 0 Å². The number of anilines is 1. The van der Waals surface area contributed by atoms with Gasteiger partial charge < -0.3 is 14.5 Å². The quantitative estimate of drug-likeness (QED) is 0.798. The molecule has 0 spiro atoms. The van der Waals surface area contributed by atoms with Crippen molar-refractivity contribution >= 4 is 11.6 Å². The first kappa shape index (κ1) is 19.2. The molecule has 0 N–H and O–H groups in total. The minimum atomic E-state index is -0.235. The van der Waals surface area contributed by atoms with E-state index in [-0.39, 0.29) is 18.3 Å². The minimum absolute atomic E-state index is 0.000606. The molecule has 1 heterocycles. The predicted octanol–water partition coefficient (Wildman–Crippen LogP) is 3.99. The first-order valence-electron chi connectivity index (χ1n) is 9.45. The van der Waals surface area contributed by atoms with Gasteiger partial charge in [0.2, 0.25) is 0 Å². The molecule has 0 bridgehead atoms. The van der Waals surface area contributed by atoms with E-state index >= 15 is 0 Å². The number of hydrogen-bond acceptors (Lipinski definition) is 3. The highest BCUT2D eigenvalue weighted by atomic mass is 19.1. The Morgan fingerprint density at radius 1 is 1.07 bits per heavy atom. The van der Waals surface area contributed by atoms with Crippen molar-refractivity contribution in [2.24, 2.45) is 0 Å². The van der Waals surface area contributed by atoms with Crippen LogP contribution in [0.4, 0.5) is 10.1 Å². The van der Waals surface area contributed by atoms with E-state index in [1.165, 1.54) is 23.3 Å². The summed E-state index contributed by atoms with van der Waals surface area (Å²) in [5, 5.41) is 0. The largest absolute Gasteiger partial charge is 0.484 e. The Morgan fingerprint density at radius 3 is 2.33 bits per heavy atom. The molecule has 0 unspecified atom stereocenters. The van der Waals surface area contributed by atoms with E-state index in [9.17, 15) is 9.18 Å². The van der Waals surface area contributed by atoms with Gasteiger partial charge in [-0.2, -0.15) is 0 Å². The fourth-order valence-electron chi connectivity index (χ4n) is 3.49. The second-order valence-electron chi connectivity index (χ2n) is 7.31. The molecule has 3 rings (SSSR count). The van der Waals surface area contributed by atoms with Gasteiger partial charge in [0.05, 0.1) is 0 Å². The van der Waals surface area contributed by atoms with E-state index in [2.05, 4.69) is 31.7 Å².